The fourth-order valence-electron chi connectivity index (χ4n) is 2.71. The van der Waals surface area contributed by atoms with E-state index in [4.69, 9.17) is 9.73 Å². The Kier molecular flexibility index (Phi) is 7.63. The monoisotopic (exact) mass is 476 g/mol. The number of morpholine rings is 1. The zero-order valence-corrected chi connectivity index (χ0v) is 18.0. The molecule has 25 heavy (non-hydrogen) atoms. The van der Waals surface area contributed by atoms with Gasteiger partial charge in [-0.2, -0.15) is 5.10 Å². The van der Waals surface area contributed by atoms with E-state index < -0.39 is 0 Å². The molecule has 1 aliphatic heterocycles. The minimum absolute atomic E-state index is 0. The SMILES string of the molecule is CCNC(=NCc1cnc(C)s1)N1CCOC(c2cnn(C)c2)C1.I. The number of hydrogen-bond donors (Lipinski definition) is 1. The zero-order chi connectivity index (χ0) is 16.9. The van der Waals surface area contributed by atoms with Gasteiger partial charge in [-0.25, -0.2) is 9.98 Å². The average Bonchev–Trinajstić information content (AvgIpc) is 3.20. The molecule has 1 saturated heterocycles. The van der Waals surface area contributed by atoms with E-state index in [1.807, 2.05) is 37.2 Å². The van der Waals surface area contributed by atoms with Crippen LogP contribution in [-0.2, 0) is 18.3 Å². The van der Waals surface area contributed by atoms with E-state index in [9.17, 15) is 0 Å². The first-order valence-corrected chi connectivity index (χ1v) is 9.02. The summed E-state index contributed by atoms with van der Waals surface area (Å²) in [4.78, 5) is 12.5. The van der Waals surface area contributed by atoms with E-state index in [2.05, 4.69) is 27.2 Å². The lowest BCUT2D eigenvalue weighted by atomic mass is 10.1. The van der Waals surface area contributed by atoms with Crippen LogP contribution in [0.2, 0.25) is 0 Å². The molecule has 7 nitrogen and oxygen atoms in total. The van der Waals surface area contributed by atoms with Crippen molar-refractivity contribution in [3.8, 4) is 0 Å². The van der Waals surface area contributed by atoms with Crippen LogP contribution < -0.4 is 5.32 Å². The van der Waals surface area contributed by atoms with Crippen molar-refractivity contribution < 1.29 is 4.74 Å². The van der Waals surface area contributed by atoms with Crippen LogP contribution >= 0.6 is 35.3 Å². The van der Waals surface area contributed by atoms with Crippen molar-refractivity contribution in [3.05, 3.63) is 34.0 Å². The van der Waals surface area contributed by atoms with Crippen molar-refractivity contribution in [2.45, 2.75) is 26.5 Å². The number of aliphatic imine (C=N–C) groups is 1. The number of ether oxygens (including phenoxy) is 1. The molecule has 2 aromatic rings. The average molecular weight is 476 g/mol. The standard InChI is InChI=1S/C16H24N6OS.HI/c1-4-17-16(19-9-14-8-18-12(2)24-14)22-5-6-23-15(11-22)13-7-20-21(3)10-13;/h7-8,10,15H,4-6,9,11H2,1-3H3,(H,17,19);1H. The maximum atomic E-state index is 5.92. The summed E-state index contributed by atoms with van der Waals surface area (Å²) in [6.45, 7) is 7.90. The number of aromatic nitrogens is 3. The van der Waals surface area contributed by atoms with Crippen molar-refractivity contribution in [1.29, 1.82) is 0 Å². The van der Waals surface area contributed by atoms with E-state index in [1.165, 1.54) is 4.88 Å². The Labute approximate surface area is 169 Å². The molecule has 0 bridgehead atoms. The summed E-state index contributed by atoms with van der Waals surface area (Å²) in [5, 5.41) is 8.71. The molecule has 0 aromatic carbocycles. The molecule has 0 spiro atoms. The molecule has 1 fully saturated rings. The fraction of sp³-hybridized carbons (Fsp3) is 0.562. The first-order valence-electron chi connectivity index (χ1n) is 8.20. The molecule has 1 N–H and O–H groups in total. The fourth-order valence-corrected chi connectivity index (χ4v) is 3.43. The number of nitrogens with zero attached hydrogens (tertiary/aromatic N) is 5. The topological polar surface area (TPSA) is 67.6 Å². The molecule has 1 aliphatic rings. The Balaban J connectivity index is 0.00000225. The quantitative estimate of drug-likeness (QED) is 0.417. The van der Waals surface area contributed by atoms with Crippen LogP contribution in [-0.4, -0.2) is 51.9 Å². The lowest BCUT2D eigenvalue weighted by Gasteiger charge is -2.34. The Morgan fingerprint density at radius 3 is 2.96 bits per heavy atom. The van der Waals surface area contributed by atoms with Crippen LogP contribution in [0.4, 0.5) is 0 Å². The Bertz CT molecular complexity index is 700. The maximum Gasteiger partial charge on any atom is 0.194 e. The molecular weight excluding hydrogens is 451 g/mol. The van der Waals surface area contributed by atoms with Crippen LogP contribution in [0.25, 0.3) is 0 Å². The van der Waals surface area contributed by atoms with E-state index >= 15 is 0 Å². The normalized spacial score (nSPS) is 18.1. The van der Waals surface area contributed by atoms with Crippen molar-refractivity contribution in [2.75, 3.05) is 26.2 Å². The lowest BCUT2D eigenvalue weighted by Crippen LogP contribution is -2.48. The lowest BCUT2D eigenvalue weighted by molar-refractivity contribution is -0.00805. The second-order valence-electron chi connectivity index (χ2n) is 5.77. The van der Waals surface area contributed by atoms with Gasteiger partial charge in [-0.3, -0.25) is 4.68 Å². The third-order valence-electron chi connectivity index (χ3n) is 3.85. The minimum Gasteiger partial charge on any atom is -0.370 e. The van der Waals surface area contributed by atoms with E-state index in [0.29, 0.717) is 13.2 Å². The van der Waals surface area contributed by atoms with Gasteiger partial charge in [0.25, 0.3) is 0 Å². The van der Waals surface area contributed by atoms with Crippen LogP contribution in [0.1, 0.15) is 28.5 Å². The molecular formula is C16H25IN6OS. The summed E-state index contributed by atoms with van der Waals surface area (Å²) >= 11 is 1.69. The highest BCUT2D eigenvalue weighted by atomic mass is 127. The Morgan fingerprint density at radius 2 is 2.32 bits per heavy atom. The molecule has 3 heterocycles. The molecule has 9 heteroatoms. The van der Waals surface area contributed by atoms with Crippen LogP contribution in [0.5, 0.6) is 0 Å². The van der Waals surface area contributed by atoms with Crippen LogP contribution in [0.15, 0.2) is 23.6 Å². The second kappa shape index (κ2) is 9.48. The molecule has 0 aliphatic carbocycles. The molecule has 0 saturated carbocycles. The van der Waals surface area contributed by atoms with Crippen LogP contribution in [0.3, 0.4) is 0 Å². The first kappa shape index (κ1) is 20.1. The Hall–Kier alpha value is -1.20. The summed E-state index contributed by atoms with van der Waals surface area (Å²) in [6.07, 6.45) is 5.82. The number of thiazole rings is 1. The van der Waals surface area contributed by atoms with Crippen molar-refractivity contribution >= 4 is 41.3 Å². The molecule has 0 amide bonds. The highest BCUT2D eigenvalue weighted by molar-refractivity contribution is 14.0. The number of guanidine groups is 1. The van der Waals surface area contributed by atoms with Crippen molar-refractivity contribution in [1.82, 2.24) is 25.0 Å². The number of nitrogens with one attached hydrogen (secondary N) is 1. The highest BCUT2D eigenvalue weighted by Crippen LogP contribution is 2.22. The molecule has 2 aromatic heterocycles. The number of halogens is 1. The van der Waals surface area contributed by atoms with Gasteiger partial charge in [0.2, 0.25) is 0 Å². The predicted molar refractivity (Wildman–Crippen MR) is 111 cm³/mol. The van der Waals surface area contributed by atoms with E-state index in [-0.39, 0.29) is 30.1 Å². The van der Waals surface area contributed by atoms with E-state index in [1.54, 1.807) is 11.3 Å². The van der Waals surface area contributed by atoms with Gasteiger partial charge in [0.15, 0.2) is 5.96 Å². The smallest absolute Gasteiger partial charge is 0.194 e. The molecule has 0 radical (unpaired) electrons. The van der Waals surface area contributed by atoms with Gasteiger partial charge in [0.05, 0.1) is 30.9 Å². The molecule has 1 unspecified atom stereocenters. The van der Waals surface area contributed by atoms with Gasteiger partial charge < -0.3 is 15.0 Å². The zero-order valence-electron chi connectivity index (χ0n) is 14.8. The molecule has 1 atom stereocenters. The third-order valence-corrected chi connectivity index (χ3v) is 4.75. The number of rotatable bonds is 4. The number of aryl methyl sites for hydroxylation is 2. The largest absolute Gasteiger partial charge is 0.370 e. The summed E-state index contributed by atoms with van der Waals surface area (Å²) in [5.41, 5.74) is 1.11. The molecule has 138 valence electrons. The highest BCUT2D eigenvalue weighted by Gasteiger charge is 2.25. The Morgan fingerprint density at radius 1 is 1.48 bits per heavy atom. The van der Waals surface area contributed by atoms with Gasteiger partial charge >= 0.3 is 0 Å². The minimum atomic E-state index is 0. The third kappa shape index (κ3) is 5.38. The maximum absolute atomic E-state index is 5.92. The summed E-state index contributed by atoms with van der Waals surface area (Å²) in [5.74, 6) is 0.931. The summed E-state index contributed by atoms with van der Waals surface area (Å²) in [7, 11) is 1.92. The van der Waals surface area contributed by atoms with Crippen molar-refractivity contribution in [2.24, 2.45) is 12.0 Å². The summed E-state index contributed by atoms with van der Waals surface area (Å²) < 4.78 is 7.72. The predicted octanol–water partition coefficient (Wildman–Crippen LogP) is 2.34. The van der Waals surface area contributed by atoms with Gasteiger partial charge in [0, 0.05) is 43.0 Å². The first-order chi connectivity index (χ1) is 11.7. The van der Waals surface area contributed by atoms with Gasteiger partial charge in [-0.1, -0.05) is 0 Å². The van der Waals surface area contributed by atoms with Gasteiger partial charge in [-0.15, -0.1) is 35.3 Å². The van der Waals surface area contributed by atoms with Crippen LogP contribution in [0, 0.1) is 6.92 Å². The van der Waals surface area contributed by atoms with Gasteiger partial charge in [-0.05, 0) is 13.8 Å². The molecule has 3 rings (SSSR count). The van der Waals surface area contributed by atoms with Crippen molar-refractivity contribution in [3.63, 3.8) is 0 Å². The number of hydrogen-bond acceptors (Lipinski definition) is 5. The second-order valence-corrected chi connectivity index (χ2v) is 7.09. The summed E-state index contributed by atoms with van der Waals surface area (Å²) in [6, 6.07) is 0. The van der Waals surface area contributed by atoms with E-state index in [0.717, 1.165) is 36.2 Å². The van der Waals surface area contributed by atoms with Gasteiger partial charge in [0.1, 0.15) is 6.10 Å².